The van der Waals surface area contributed by atoms with Crippen molar-refractivity contribution in [1.29, 1.82) is 0 Å². The van der Waals surface area contributed by atoms with Crippen LogP contribution >= 0.6 is 0 Å². The summed E-state index contributed by atoms with van der Waals surface area (Å²) in [4.78, 5) is 16.9. The molecule has 8 rings (SSSR count). The van der Waals surface area contributed by atoms with Gasteiger partial charge in [-0.15, -0.1) is 0 Å². The lowest BCUT2D eigenvalue weighted by molar-refractivity contribution is 0.480. The van der Waals surface area contributed by atoms with Crippen molar-refractivity contribution in [2.45, 2.75) is 27.7 Å². The van der Waals surface area contributed by atoms with Gasteiger partial charge in [-0.2, -0.15) is 0 Å². The number of aromatic hydroxyl groups is 4. The topological polar surface area (TPSA) is 132 Å². The van der Waals surface area contributed by atoms with Gasteiger partial charge in [0.2, 0.25) is 0 Å². The summed E-state index contributed by atoms with van der Waals surface area (Å²) in [6.07, 6.45) is 0. The predicted molar refractivity (Wildman–Crippen MR) is 203 cm³/mol. The summed E-state index contributed by atoms with van der Waals surface area (Å²) in [6, 6.07) is 37.1. The summed E-state index contributed by atoms with van der Waals surface area (Å²) in [5.41, 5.74) is 6.39. The molecule has 4 aromatic carbocycles. The molecule has 0 amide bonds. The Kier molecular flexibility index (Phi) is 11.7. The predicted octanol–water partition coefficient (Wildman–Crippen LogP) is 7.81. The monoisotopic (exact) mass is 650 g/mol. The van der Waals surface area contributed by atoms with Crippen LogP contribution in [-0.4, -0.2) is 48.8 Å². The standard InChI is InChI=1S/4C10H9NO.BH3/c4*1-7-5-6-8-3-2-4-9(12)10(8)11-7;/h4*2-6,12H,1H3;1H3. The molecule has 0 aliphatic carbocycles. The Hall–Kier alpha value is -6.22. The zero-order chi connectivity index (χ0) is 34.2. The second kappa shape index (κ2) is 16.1. The molecule has 4 heterocycles. The van der Waals surface area contributed by atoms with Crippen LogP contribution in [0.5, 0.6) is 23.0 Å². The van der Waals surface area contributed by atoms with E-state index in [0.717, 1.165) is 44.3 Å². The van der Waals surface area contributed by atoms with Crippen LogP contribution in [0.15, 0.2) is 121 Å². The average Bonchev–Trinajstić information content (AvgIpc) is 3.07. The van der Waals surface area contributed by atoms with E-state index in [2.05, 4.69) is 19.9 Å². The molecule has 8 aromatic rings. The Morgan fingerprint density at radius 3 is 0.714 bits per heavy atom. The molecule has 49 heavy (non-hydrogen) atoms. The van der Waals surface area contributed by atoms with E-state index in [1.807, 2.05) is 125 Å². The molecule has 0 saturated carbocycles. The van der Waals surface area contributed by atoms with Gasteiger partial charge in [0.05, 0.1) is 8.41 Å². The molecule has 0 unspecified atom stereocenters. The molecule has 8 nitrogen and oxygen atoms in total. The van der Waals surface area contributed by atoms with Gasteiger partial charge in [0.25, 0.3) is 0 Å². The molecule has 246 valence electrons. The zero-order valence-electron chi connectivity index (χ0n) is 27.1. The van der Waals surface area contributed by atoms with E-state index in [1.54, 1.807) is 24.3 Å². The van der Waals surface area contributed by atoms with Gasteiger partial charge in [-0.25, -0.2) is 19.9 Å². The number of para-hydroxylation sites is 4. The molecular weight excluding hydrogens is 611 g/mol. The lowest BCUT2D eigenvalue weighted by Crippen LogP contribution is -1.82. The van der Waals surface area contributed by atoms with Crippen LogP contribution in [0, 0.1) is 27.7 Å². The number of hydrogen-bond donors (Lipinski definition) is 4. The molecule has 0 saturated heterocycles. The van der Waals surface area contributed by atoms with Crippen LogP contribution in [0.25, 0.3) is 43.6 Å². The Bertz CT molecular complexity index is 2030. The summed E-state index contributed by atoms with van der Waals surface area (Å²) in [5, 5.41) is 41.6. The molecule has 4 N–H and O–H groups in total. The molecule has 0 aliphatic heterocycles. The largest absolute Gasteiger partial charge is 0.506 e. The molecule has 4 aromatic heterocycles. The van der Waals surface area contributed by atoms with Gasteiger partial charge in [0.15, 0.2) is 0 Å². The second-order valence-corrected chi connectivity index (χ2v) is 11.2. The van der Waals surface area contributed by atoms with Crippen molar-refractivity contribution < 1.29 is 20.4 Å². The molecule has 0 atom stereocenters. The van der Waals surface area contributed by atoms with E-state index in [4.69, 9.17) is 0 Å². The number of rotatable bonds is 0. The smallest absolute Gasteiger partial charge is 0.141 e. The number of aryl methyl sites for hydroxylation is 4. The Morgan fingerprint density at radius 1 is 0.306 bits per heavy atom. The first-order chi connectivity index (χ1) is 23.1. The lowest BCUT2D eigenvalue weighted by Gasteiger charge is -1.99. The lowest BCUT2D eigenvalue weighted by atomic mass is 10.2. The van der Waals surface area contributed by atoms with Gasteiger partial charge in [-0.05, 0) is 76.2 Å². The van der Waals surface area contributed by atoms with E-state index < -0.39 is 0 Å². The van der Waals surface area contributed by atoms with E-state index in [1.165, 1.54) is 0 Å². The summed E-state index contributed by atoms with van der Waals surface area (Å²) in [5.74, 6) is 0.986. The van der Waals surface area contributed by atoms with Crippen LogP contribution in [0.3, 0.4) is 0 Å². The molecule has 9 heteroatoms. The van der Waals surface area contributed by atoms with Crippen LogP contribution < -0.4 is 0 Å². The van der Waals surface area contributed by atoms with Gasteiger partial charge in [0.1, 0.15) is 45.1 Å². The quantitative estimate of drug-likeness (QED) is 0.122. The third kappa shape index (κ3) is 8.99. The van der Waals surface area contributed by atoms with Gasteiger partial charge in [-0.3, -0.25) is 0 Å². The first-order valence-electron chi connectivity index (χ1n) is 15.3. The van der Waals surface area contributed by atoms with Crippen molar-refractivity contribution in [3.8, 4) is 23.0 Å². The number of benzene rings is 4. The normalized spacial score (nSPS) is 10.2. The fraction of sp³-hybridized carbons (Fsp3) is 0.100. The van der Waals surface area contributed by atoms with Crippen molar-refractivity contribution in [1.82, 2.24) is 19.9 Å². The zero-order valence-corrected chi connectivity index (χ0v) is 27.1. The second-order valence-electron chi connectivity index (χ2n) is 11.2. The van der Waals surface area contributed by atoms with Gasteiger partial charge in [0, 0.05) is 44.3 Å². The highest BCUT2D eigenvalue weighted by molar-refractivity contribution is 5.86. The number of pyridine rings is 4. The number of phenolic OH excluding ortho intramolecular Hbond substituents is 4. The van der Waals surface area contributed by atoms with Crippen molar-refractivity contribution in [2.75, 3.05) is 0 Å². The van der Waals surface area contributed by atoms with Crippen molar-refractivity contribution in [3.05, 3.63) is 144 Å². The summed E-state index contributed by atoms with van der Waals surface area (Å²) in [7, 11) is 0. The van der Waals surface area contributed by atoms with Crippen LogP contribution in [0.4, 0.5) is 0 Å². The minimum absolute atomic E-state index is 0. The fourth-order valence-corrected chi connectivity index (χ4v) is 4.92. The minimum Gasteiger partial charge on any atom is -0.506 e. The highest BCUT2D eigenvalue weighted by Gasteiger charge is 2.02. The van der Waals surface area contributed by atoms with E-state index in [0.29, 0.717) is 22.1 Å². The van der Waals surface area contributed by atoms with Crippen molar-refractivity contribution in [2.24, 2.45) is 0 Å². The summed E-state index contributed by atoms with van der Waals surface area (Å²) >= 11 is 0. The van der Waals surface area contributed by atoms with Crippen molar-refractivity contribution in [3.63, 3.8) is 0 Å². The number of hydrogen-bond acceptors (Lipinski definition) is 8. The fourth-order valence-electron chi connectivity index (χ4n) is 4.92. The van der Waals surface area contributed by atoms with Crippen LogP contribution in [0.2, 0.25) is 0 Å². The summed E-state index contributed by atoms with van der Waals surface area (Å²) < 4.78 is 0. The van der Waals surface area contributed by atoms with Gasteiger partial charge >= 0.3 is 0 Å². The first kappa shape index (κ1) is 35.6. The summed E-state index contributed by atoms with van der Waals surface area (Å²) in [6.45, 7) is 7.63. The van der Waals surface area contributed by atoms with E-state index in [9.17, 15) is 20.4 Å². The molecule has 0 bridgehead atoms. The van der Waals surface area contributed by atoms with E-state index >= 15 is 0 Å². The Balaban J connectivity index is 0.000000146. The molecule has 0 fully saturated rings. The SMILES string of the molecule is B.Cc1ccc2cccc(O)c2n1.Cc1ccc2cccc(O)c2n1.Cc1ccc2cccc(O)c2n1.Cc1ccc2cccc(O)c2n1. The van der Waals surface area contributed by atoms with Gasteiger partial charge < -0.3 is 20.4 Å². The number of nitrogens with zero attached hydrogens (tertiary/aromatic N) is 4. The Labute approximate surface area is 286 Å². The van der Waals surface area contributed by atoms with Crippen LogP contribution in [-0.2, 0) is 0 Å². The third-order valence-electron chi connectivity index (χ3n) is 7.35. The molecule has 0 aliphatic rings. The van der Waals surface area contributed by atoms with Crippen LogP contribution in [0.1, 0.15) is 22.8 Å². The van der Waals surface area contributed by atoms with Gasteiger partial charge in [-0.1, -0.05) is 72.8 Å². The Morgan fingerprint density at radius 2 is 0.510 bits per heavy atom. The van der Waals surface area contributed by atoms with Crippen molar-refractivity contribution >= 4 is 52.0 Å². The maximum absolute atomic E-state index is 9.43. The molecule has 0 radical (unpaired) electrons. The average molecular weight is 651 g/mol. The molecular formula is C40H39BN4O4. The highest BCUT2D eigenvalue weighted by atomic mass is 16.3. The first-order valence-corrected chi connectivity index (χ1v) is 15.3. The maximum atomic E-state index is 9.43. The number of aromatic nitrogens is 4. The number of phenols is 4. The van der Waals surface area contributed by atoms with E-state index in [-0.39, 0.29) is 31.4 Å². The number of fused-ring (bicyclic) bond motifs is 4. The highest BCUT2D eigenvalue weighted by Crippen LogP contribution is 2.24. The third-order valence-corrected chi connectivity index (χ3v) is 7.35. The maximum Gasteiger partial charge on any atom is 0.141 e. The minimum atomic E-state index is 0. The molecule has 0 spiro atoms.